The largest absolute Gasteiger partial charge is 0.313 e. The van der Waals surface area contributed by atoms with Crippen LogP contribution in [0.3, 0.4) is 0 Å². The van der Waals surface area contributed by atoms with Gasteiger partial charge in [-0.05, 0) is 30.1 Å². The van der Waals surface area contributed by atoms with Crippen LogP contribution in [0.5, 0.6) is 0 Å². The molecule has 104 valence electrons. The molecule has 0 fully saturated rings. The van der Waals surface area contributed by atoms with Gasteiger partial charge >= 0.3 is 0 Å². The summed E-state index contributed by atoms with van der Waals surface area (Å²) in [5.74, 6) is -0.00121. The maximum absolute atomic E-state index is 12.0. The van der Waals surface area contributed by atoms with Gasteiger partial charge in [0.25, 0.3) is 0 Å². The average Bonchev–Trinajstić information content (AvgIpc) is 2.96. The molecule has 20 heavy (non-hydrogen) atoms. The Labute approximate surface area is 122 Å². The number of hydrogen-bond acceptors (Lipinski definition) is 4. The molecule has 0 aliphatic rings. The van der Waals surface area contributed by atoms with E-state index in [1.54, 1.807) is 36.4 Å². The number of benzene rings is 1. The number of nitrogens with one attached hydrogen (secondary N) is 1. The van der Waals surface area contributed by atoms with Gasteiger partial charge in [-0.2, -0.15) is 0 Å². The number of anilines is 1. The number of rotatable bonds is 5. The Morgan fingerprint density at radius 3 is 2.90 bits per heavy atom. The molecule has 0 saturated carbocycles. The van der Waals surface area contributed by atoms with Crippen LogP contribution < -0.4 is 10.2 Å². The smallest absolute Gasteiger partial charge is 0.240 e. The first-order valence-electron chi connectivity index (χ1n) is 6.21. The maximum Gasteiger partial charge on any atom is 0.240 e. The number of aldehydes is 1. The lowest BCUT2D eigenvalue weighted by Crippen LogP contribution is -2.34. The molecule has 0 spiro atoms. The van der Waals surface area contributed by atoms with Crippen molar-refractivity contribution >= 4 is 29.2 Å². The molecule has 0 aliphatic carbocycles. The summed E-state index contributed by atoms with van der Waals surface area (Å²) in [6, 6.07) is 9.30. The molecule has 1 amide bonds. The normalized spacial score (nSPS) is 10.3. The second kappa shape index (κ2) is 6.45. The molecule has 2 aromatic rings. The first-order valence-corrected chi connectivity index (χ1v) is 7.09. The Morgan fingerprint density at radius 1 is 1.40 bits per heavy atom. The van der Waals surface area contributed by atoms with Crippen LogP contribution in [-0.4, -0.2) is 32.8 Å². The molecule has 0 bridgehead atoms. The Morgan fingerprint density at radius 2 is 2.20 bits per heavy atom. The summed E-state index contributed by atoms with van der Waals surface area (Å²) >= 11 is 1.56. The first kappa shape index (κ1) is 14.4. The van der Waals surface area contributed by atoms with E-state index in [0.29, 0.717) is 12.1 Å². The Bertz CT molecular complexity index is 622. The van der Waals surface area contributed by atoms with Crippen molar-refractivity contribution in [3.8, 4) is 10.4 Å². The minimum Gasteiger partial charge on any atom is -0.313 e. The summed E-state index contributed by atoms with van der Waals surface area (Å²) in [4.78, 5) is 25.5. The van der Waals surface area contributed by atoms with Crippen molar-refractivity contribution in [1.29, 1.82) is 0 Å². The van der Waals surface area contributed by atoms with Gasteiger partial charge in [0.05, 0.1) is 17.1 Å². The molecule has 1 N–H and O–H groups in total. The van der Waals surface area contributed by atoms with E-state index in [4.69, 9.17) is 0 Å². The van der Waals surface area contributed by atoms with Crippen LogP contribution in [0.15, 0.2) is 35.7 Å². The third-order valence-corrected chi connectivity index (χ3v) is 3.95. The summed E-state index contributed by atoms with van der Waals surface area (Å²) in [6.45, 7) is 0.292. The maximum atomic E-state index is 12.0. The van der Waals surface area contributed by atoms with E-state index in [0.717, 1.165) is 22.4 Å². The third-order valence-electron chi connectivity index (χ3n) is 2.99. The van der Waals surface area contributed by atoms with Gasteiger partial charge in [0.1, 0.15) is 6.29 Å². The lowest BCUT2D eigenvalue weighted by molar-refractivity contribution is -0.117. The van der Waals surface area contributed by atoms with Crippen molar-refractivity contribution in [3.05, 3.63) is 41.3 Å². The Kier molecular flexibility index (Phi) is 4.65. The van der Waals surface area contributed by atoms with Crippen molar-refractivity contribution in [1.82, 2.24) is 5.32 Å². The molecule has 1 aromatic heterocycles. The molecule has 0 aliphatic heterocycles. The molecule has 0 unspecified atom stereocenters. The van der Waals surface area contributed by atoms with Crippen LogP contribution >= 0.6 is 11.3 Å². The zero-order chi connectivity index (χ0) is 14.5. The van der Waals surface area contributed by atoms with Crippen LogP contribution in [-0.2, 0) is 4.79 Å². The number of carbonyl (C=O) groups is 2. The van der Waals surface area contributed by atoms with Gasteiger partial charge in [-0.25, -0.2) is 0 Å². The Balaban J connectivity index is 2.37. The highest BCUT2D eigenvalue weighted by atomic mass is 32.1. The van der Waals surface area contributed by atoms with E-state index >= 15 is 0 Å². The monoisotopic (exact) mass is 288 g/mol. The summed E-state index contributed by atoms with van der Waals surface area (Å²) in [7, 11) is 3.50. The molecular formula is C15H16N2O2S. The first-order chi connectivity index (χ1) is 9.67. The zero-order valence-electron chi connectivity index (χ0n) is 11.4. The van der Waals surface area contributed by atoms with E-state index < -0.39 is 0 Å². The number of likely N-dealkylation sites (N-methyl/N-ethyl adjacent to an activating group) is 2. The lowest BCUT2D eigenvalue weighted by Gasteiger charge is -2.17. The van der Waals surface area contributed by atoms with Crippen molar-refractivity contribution in [3.63, 3.8) is 0 Å². The fourth-order valence-electron chi connectivity index (χ4n) is 1.94. The van der Waals surface area contributed by atoms with Crippen LogP contribution in [0.1, 0.15) is 10.4 Å². The minimum atomic E-state index is -0.00121. The minimum absolute atomic E-state index is 0.00121. The Hall–Kier alpha value is -1.98. The predicted octanol–water partition coefficient (Wildman–Crippen LogP) is 2.41. The van der Waals surface area contributed by atoms with Crippen LogP contribution in [0, 0.1) is 0 Å². The van der Waals surface area contributed by atoms with E-state index in [1.165, 1.54) is 0 Å². The molecule has 1 heterocycles. The second-order valence-electron chi connectivity index (χ2n) is 4.36. The van der Waals surface area contributed by atoms with Crippen molar-refractivity contribution in [2.45, 2.75) is 0 Å². The highest BCUT2D eigenvalue weighted by Crippen LogP contribution is 2.35. The van der Waals surface area contributed by atoms with Gasteiger partial charge in [-0.15, -0.1) is 11.3 Å². The molecule has 2 rings (SSSR count). The second-order valence-corrected chi connectivity index (χ2v) is 5.28. The predicted molar refractivity (Wildman–Crippen MR) is 82.5 cm³/mol. The van der Waals surface area contributed by atoms with Gasteiger partial charge in [-0.1, -0.05) is 18.2 Å². The molecule has 0 atom stereocenters. The summed E-state index contributed by atoms with van der Waals surface area (Å²) in [5, 5.41) is 4.80. The number of amides is 1. The van der Waals surface area contributed by atoms with E-state index in [9.17, 15) is 9.59 Å². The lowest BCUT2D eigenvalue weighted by atomic mass is 10.1. The van der Waals surface area contributed by atoms with E-state index in [2.05, 4.69) is 5.32 Å². The van der Waals surface area contributed by atoms with Crippen molar-refractivity contribution in [2.24, 2.45) is 0 Å². The SMILES string of the molecule is CNCC(=O)N(C)c1ccsc1-c1cccc(C=O)c1. The number of carbonyl (C=O) groups excluding carboxylic acids is 2. The van der Waals surface area contributed by atoms with Crippen LogP contribution in [0.2, 0.25) is 0 Å². The van der Waals surface area contributed by atoms with Crippen molar-refractivity contribution in [2.75, 3.05) is 25.5 Å². The van der Waals surface area contributed by atoms with Gasteiger partial charge < -0.3 is 10.2 Å². The molecule has 5 heteroatoms. The van der Waals surface area contributed by atoms with Gasteiger partial charge in [0, 0.05) is 12.6 Å². The molecule has 1 aromatic carbocycles. The van der Waals surface area contributed by atoms with E-state index in [-0.39, 0.29) is 5.91 Å². The fourth-order valence-corrected chi connectivity index (χ4v) is 2.86. The molecular weight excluding hydrogens is 272 g/mol. The standard InChI is InChI=1S/C15H16N2O2S/c1-16-9-14(19)17(2)13-6-7-20-15(13)12-5-3-4-11(8-12)10-18/h3-8,10,16H,9H2,1-2H3. The fraction of sp³-hybridized carbons (Fsp3) is 0.200. The highest BCUT2D eigenvalue weighted by molar-refractivity contribution is 7.14. The zero-order valence-corrected chi connectivity index (χ0v) is 12.2. The van der Waals surface area contributed by atoms with Crippen LogP contribution in [0.4, 0.5) is 5.69 Å². The summed E-state index contributed by atoms with van der Waals surface area (Å²) in [5.41, 5.74) is 2.44. The third kappa shape index (κ3) is 2.95. The van der Waals surface area contributed by atoms with Crippen LogP contribution in [0.25, 0.3) is 10.4 Å². The van der Waals surface area contributed by atoms with Gasteiger partial charge in [0.2, 0.25) is 5.91 Å². The summed E-state index contributed by atoms with van der Waals surface area (Å²) < 4.78 is 0. The van der Waals surface area contributed by atoms with Gasteiger partial charge in [-0.3, -0.25) is 9.59 Å². The topological polar surface area (TPSA) is 49.4 Å². The number of nitrogens with zero attached hydrogens (tertiary/aromatic N) is 1. The van der Waals surface area contributed by atoms with E-state index in [1.807, 2.05) is 29.6 Å². The average molecular weight is 288 g/mol. The molecule has 0 radical (unpaired) electrons. The number of thiophene rings is 1. The number of hydrogen-bond donors (Lipinski definition) is 1. The van der Waals surface area contributed by atoms with Crippen molar-refractivity contribution < 1.29 is 9.59 Å². The summed E-state index contributed by atoms with van der Waals surface area (Å²) in [6.07, 6.45) is 0.826. The highest BCUT2D eigenvalue weighted by Gasteiger charge is 2.16. The quantitative estimate of drug-likeness (QED) is 0.860. The van der Waals surface area contributed by atoms with Gasteiger partial charge in [0.15, 0.2) is 0 Å². The molecule has 4 nitrogen and oxygen atoms in total. The molecule has 0 saturated heterocycles.